The van der Waals surface area contributed by atoms with E-state index in [2.05, 4.69) is 4.98 Å². The standard InChI is InChI=1S/C8H11N3OS/c1-5-3-11-6(7(12)2-9)4-13-8(11)10-5/h3-4,7,12H,2,9H2,1H3. The Bertz CT molecular complexity index is 420. The van der Waals surface area contributed by atoms with Gasteiger partial charge in [-0.2, -0.15) is 0 Å². The fourth-order valence-electron chi connectivity index (χ4n) is 1.27. The molecule has 4 nitrogen and oxygen atoms in total. The van der Waals surface area contributed by atoms with Crippen LogP contribution < -0.4 is 5.73 Å². The maximum Gasteiger partial charge on any atom is 0.194 e. The number of aromatic nitrogens is 2. The van der Waals surface area contributed by atoms with Crippen molar-refractivity contribution in [2.75, 3.05) is 6.54 Å². The summed E-state index contributed by atoms with van der Waals surface area (Å²) >= 11 is 1.51. The van der Waals surface area contributed by atoms with E-state index in [-0.39, 0.29) is 6.54 Å². The Morgan fingerprint density at radius 3 is 3.23 bits per heavy atom. The van der Waals surface area contributed by atoms with Crippen LogP contribution >= 0.6 is 11.3 Å². The average molecular weight is 197 g/mol. The van der Waals surface area contributed by atoms with Crippen molar-refractivity contribution >= 4 is 16.3 Å². The lowest BCUT2D eigenvalue weighted by molar-refractivity contribution is 0.181. The van der Waals surface area contributed by atoms with Gasteiger partial charge in [-0.15, -0.1) is 11.3 Å². The molecule has 1 unspecified atom stereocenters. The molecule has 0 spiro atoms. The molecule has 2 aromatic rings. The highest BCUT2D eigenvalue weighted by atomic mass is 32.1. The Labute approximate surface area is 79.6 Å². The molecule has 13 heavy (non-hydrogen) atoms. The molecule has 0 amide bonds. The third-order valence-corrected chi connectivity index (χ3v) is 2.78. The summed E-state index contributed by atoms with van der Waals surface area (Å²) in [6, 6.07) is 0. The fourth-order valence-corrected chi connectivity index (χ4v) is 2.24. The Balaban J connectivity index is 2.55. The number of fused-ring (bicyclic) bond motifs is 1. The van der Waals surface area contributed by atoms with Gasteiger partial charge in [-0.25, -0.2) is 4.98 Å². The molecule has 2 heterocycles. The van der Waals surface area contributed by atoms with E-state index in [1.807, 2.05) is 22.9 Å². The molecule has 0 aromatic carbocycles. The van der Waals surface area contributed by atoms with Crippen LogP contribution in [-0.2, 0) is 0 Å². The number of imidazole rings is 1. The first-order valence-corrected chi connectivity index (χ1v) is 4.91. The number of aryl methyl sites for hydroxylation is 1. The number of hydrogen-bond donors (Lipinski definition) is 2. The van der Waals surface area contributed by atoms with Crippen LogP contribution in [0, 0.1) is 6.92 Å². The molecule has 0 radical (unpaired) electrons. The maximum absolute atomic E-state index is 9.56. The second-order valence-corrected chi connectivity index (χ2v) is 3.78. The molecular formula is C8H11N3OS. The van der Waals surface area contributed by atoms with E-state index in [0.29, 0.717) is 0 Å². The number of aliphatic hydroxyl groups is 1. The molecule has 0 saturated carbocycles. The summed E-state index contributed by atoms with van der Waals surface area (Å²) in [6.07, 6.45) is 1.31. The van der Waals surface area contributed by atoms with E-state index < -0.39 is 6.10 Å². The van der Waals surface area contributed by atoms with Crippen molar-refractivity contribution in [3.63, 3.8) is 0 Å². The second kappa shape index (κ2) is 3.10. The zero-order chi connectivity index (χ0) is 9.42. The van der Waals surface area contributed by atoms with E-state index >= 15 is 0 Å². The van der Waals surface area contributed by atoms with E-state index in [1.54, 1.807) is 0 Å². The van der Waals surface area contributed by atoms with Gasteiger partial charge in [0, 0.05) is 18.1 Å². The lowest BCUT2D eigenvalue weighted by atomic mass is 10.3. The summed E-state index contributed by atoms with van der Waals surface area (Å²) in [5, 5.41) is 11.4. The molecule has 1 atom stereocenters. The zero-order valence-corrected chi connectivity index (χ0v) is 8.08. The highest BCUT2D eigenvalue weighted by molar-refractivity contribution is 7.15. The maximum atomic E-state index is 9.56. The van der Waals surface area contributed by atoms with Gasteiger partial charge in [-0.1, -0.05) is 0 Å². The van der Waals surface area contributed by atoms with Gasteiger partial charge in [0.25, 0.3) is 0 Å². The number of thiazole rings is 1. The van der Waals surface area contributed by atoms with Crippen LogP contribution in [0.5, 0.6) is 0 Å². The van der Waals surface area contributed by atoms with Crippen LogP contribution in [0.25, 0.3) is 4.96 Å². The van der Waals surface area contributed by atoms with Gasteiger partial charge in [0.1, 0.15) is 6.10 Å². The molecule has 0 saturated heterocycles. The smallest absolute Gasteiger partial charge is 0.194 e. The monoisotopic (exact) mass is 197 g/mol. The number of aliphatic hydroxyl groups excluding tert-OH is 1. The van der Waals surface area contributed by atoms with Gasteiger partial charge in [0.2, 0.25) is 0 Å². The molecular weight excluding hydrogens is 186 g/mol. The molecule has 0 aliphatic heterocycles. The molecule has 5 heteroatoms. The highest BCUT2D eigenvalue weighted by Gasteiger charge is 2.12. The summed E-state index contributed by atoms with van der Waals surface area (Å²) in [6.45, 7) is 2.17. The molecule has 0 aliphatic carbocycles. The normalized spacial score (nSPS) is 13.8. The summed E-state index contributed by atoms with van der Waals surface area (Å²) < 4.78 is 1.89. The van der Waals surface area contributed by atoms with Crippen molar-refractivity contribution in [1.82, 2.24) is 9.38 Å². The topological polar surface area (TPSA) is 63.5 Å². The SMILES string of the molecule is Cc1cn2c(C(O)CN)csc2n1. The van der Waals surface area contributed by atoms with Crippen LogP contribution in [0.4, 0.5) is 0 Å². The van der Waals surface area contributed by atoms with Crippen LogP contribution in [0.15, 0.2) is 11.6 Å². The number of nitrogens with zero attached hydrogens (tertiary/aromatic N) is 2. The zero-order valence-electron chi connectivity index (χ0n) is 7.27. The Morgan fingerprint density at radius 2 is 2.54 bits per heavy atom. The average Bonchev–Trinajstić information content (AvgIpc) is 2.61. The molecule has 0 bridgehead atoms. The quantitative estimate of drug-likeness (QED) is 0.744. The summed E-state index contributed by atoms with van der Waals surface area (Å²) in [5.74, 6) is 0. The minimum absolute atomic E-state index is 0.239. The number of rotatable bonds is 2. The molecule has 3 N–H and O–H groups in total. The number of hydrogen-bond acceptors (Lipinski definition) is 4. The summed E-state index contributed by atoms with van der Waals surface area (Å²) in [5.41, 5.74) is 7.16. The third-order valence-electron chi connectivity index (χ3n) is 1.92. The van der Waals surface area contributed by atoms with Crippen LogP contribution in [0.3, 0.4) is 0 Å². The molecule has 0 fully saturated rings. The van der Waals surface area contributed by atoms with Gasteiger partial charge in [-0.3, -0.25) is 4.40 Å². The lowest BCUT2D eigenvalue weighted by Crippen LogP contribution is -2.12. The van der Waals surface area contributed by atoms with Crippen molar-refractivity contribution in [2.45, 2.75) is 13.0 Å². The molecule has 2 rings (SSSR count). The predicted molar refractivity (Wildman–Crippen MR) is 51.8 cm³/mol. The second-order valence-electron chi connectivity index (χ2n) is 2.95. The van der Waals surface area contributed by atoms with Crippen molar-refractivity contribution in [1.29, 1.82) is 0 Å². The van der Waals surface area contributed by atoms with Gasteiger partial charge in [-0.05, 0) is 6.92 Å². The first-order chi connectivity index (χ1) is 6.22. The van der Waals surface area contributed by atoms with Crippen molar-refractivity contribution in [2.24, 2.45) is 5.73 Å². The van der Waals surface area contributed by atoms with Crippen molar-refractivity contribution in [3.05, 3.63) is 23.0 Å². The lowest BCUT2D eigenvalue weighted by Gasteiger charge is -2.04. The Kier molecular flexibility index (Phi) is 2.07. The van der Waals surface area contributed by atoms with E-state index in [9.17, 15) is 5.11 Å². The van der Waals surface area contributed by atoms with Crippen LogP contribution in [0.1, 0.15) is 17.5 Å². The largest absolute Gasteiger partial charge is 0.386 e. The first kappa shape index (κ1) is 8.68. The first-order valence-electron chi connectivity index (χ1n) is 4.03. The minimum atomic E-state index is -0.595. The van der Waals surface area contributed by atoms with Gasteiger partial charge in [0.15, 0.2) is 4.96 Å². The summed E-state index contributed by atoms with van der Waals surface area (Å²) in [7, 11) is 0. The van der Waals surface area contributed by atoms with Crippen LogP contribution in [0.2, 0.25) is 0 Å². The van der Waals surface area contributed by atoms with Gasteiger partial charge >= 0.3 is 0 Å². The Morgan fingerprint density at radius 1 is 1.77 bits per heavy atom. The highest BCUT2D eigenvalue weighted by Crippen LogP contribution is 2.21. The molecule has 2 aromatic heterocycles. The van der Waals surface area contributed by atoms with Crippen molar-refractivity contribution in [3.8, 4) is 0 Å². The van der Waals surface area contributed by atoms with E-state index in [4.69, 9.17) is 5.73 Å². The third kappa shape index (κ3) is 1.35. The van der Waals surface area contributed by atoms with Crippen LogP contribution in [-0.4, -0.2) is 21.0 Å². The Hall–Kier alpha value is -0.910. The fraction of sp³-hybridized carbons (Fsp3) is 0.375. The van der Waals surface area contributed by atoms with Gasteiger partial charge < -0.3 is 10.8 Å². The van der Waals surface area contributed by atoms with E-state index in [1.165, 1.54) is 11.3 Å². The minimum Gasteiger partial charge on any atom is -0.386 e. The molecule has 0 aliphatic rings. The van der Waals surface area contributed by atoms with E-state index in [0.717, 1.165) is 16.3 Å². The predicted octanol–water partition coefficient (Wildman–Crippen LogP) is 0.696. The van der Waals surface area contributed by atoms with Gasteiger partial charge in [0.05, 0.1) is 11.4 Å². The van der Waals surface area contributed by atoms with Crippen molar-refractivity contribution < 1.29 is 5.11 Å². The number of nitrogens with two attached hydrogens (primary N) is 1. The summed E-state index contributed by atoms with van der Waals surface area (Å²) in [4.78, 5) is 5.18. The molecule has 70 valence electrons.